The molecule has 2 aliphatic rings. The first-order valence-corrected chi connectivity index (χ1v) is 10.4. The number of sulfonamides is 1. The second kappa shape index (κ2) is 7.30. The summed E-state index contributed by atoms with van der Waals surface area (Å²) in [6.45, 7) is 4.26. The number of nitrogens with zero attached hydrogens (tertiary/aromatic N) is 2. The van der Waals surface area contributed by atoms with Crippen LogP contribution in [0.5, 0.6) is 0 Å². The molecule has 27 heavy (non-hydrogen) atoms. The smallest absolute Gasteiger partial charge is 0.326 e. The number of amidine groups is 1. The van der Waals surface area contributed by atoms with E-state index in [1.54, 1.807) is 23.1 Å². The van der Waals surface area contributed by atoms with E-state index in [1.165, 1.54) is 6.07 Å². The van der Waals surface area contributed by atoms with Crippen molar-refractivity contribution in [3.05, 3.63) is 29.8 Å². The predicted molar refractivity (Wildman–Crippen MR) is 98.9 cm³/mol. The number of hydrogen-bond donors (Lipinski definition) is 2. The Kier molecular flexibility index (Phi) is 5.23. The minimum absolute atomic E-state index is 0.113. The van der Waals surface area contributed by atoms with Crippen molar-refractivity contribution in [1.82, 2.24) is 10.2 Å². The summed E-state index contributed by atoms with van der Waals surface area (Å²) in [5, 5.41) is 12.0. The van der Waals surface area contributed by atoms with Crippen LogP contribution < -0.4 is 5.32 Å². The average molecular weight is 393 g/mol. The summed E-state index contributed by atoms with van der Waals surface area (Å²) in [6, 6.07) is 4.91. The number of aliphatic carboxylic acids is 1. The van der Waals surface area contributed by atoms with Crippen LogP contribution in [0.4, 0.5) is 0 Å². The van der Waals surface area contributed by atoms with Gasteiger partial charge in [-0.2, -0.15) is 8.42 Å². The van der Waals surface area contributed by atoms with Gasteiger partial charge in [-0.05, 0) is 37.3 Å². The van der Waals surface area contributed by atoms with E-state index >= 15 is 0 Å². The van der Waals surface area contributed by atoms with Crippen LogP contribution in [-0.4, -0.2) is 54.8 Å². The standard InChI is InChI=1S/C18H23N3O5S/c1-11(2)10-13(18(23)24)19-17(22)14-7-5-9-21(14)16-12-6-3-4-8-15(12)27(25,26)20-16/h3-4,6,8,11,13-14H,5,7,9-10H2,1-2H3,(H,19,22)(H,23,24)/t13-,14+/m1/s1. The van der Waals surface area contributed by atoms with Crippen LogP contribution in [0.25, 0.3) is 0 Å². The molecule has 0 bridgehead atoms. The molecule has 0 aromatic heterocycles. The summed E-state index contributed by atoms with van der Waals surface area (Å²) in [5.41, 5.74) is 0.481. The molecule has 8 nitrogen and oxygen atoms in total. The van der Waals surface area contributed by atoms with Crippen LogP contribution in [-0.2, 0) is 19.6 Å². The average Bonchev–Trinajstić information content (AvgIpc) is 3.17. The zero-order chi connectivity index (χ0) is 19.8. The lowest BCUT2D eigenvalue weighted by molar-refractivity contribution is -0.142. The van der Waals surface area contributed by atoms with E-state index in [1.807, 2.05) is 13.8 Å². The monoisotopic (exact) mass is 393 g/mol. The van der Waals surface area contributed by atoms with Crippen LogP contribution in [0.1, 0.15) is 38.7 Å². The maximum Gasteiger partial charge on any atom is 0.326 e. The third-order valence-electron chi connectivity index (χ3n) is 4.76. The SMILES string of the molecule is CC(C)C[C@@H](NC(=O)[C@@H]1CCCN1C1=NS(=O)(=O)c2ccccc21)C(=O)O. The number of hydrogen-bond acceptors (Lipinski definition) is 5. The lowest BCUT2D eigenvalue weighted by Gasteiger charge is -2.27. The largest absolute Gasteiger partial charge is 0.480 e. The fourth-order valence-electron chi connectivity index (χ4n) is 3.55. The number of nitrogens with one attached hydrogen (secondary N) is 1. The fourth-order valence-corrected chi connectivity index (χ4v) is 4.77. The molecular weight excluding hydrogens is 370 g/mol. The Bertz CT molecular complexity index is 894. The van der Waals surface area contributed by atoms with Crippen molar-refractivity contribution >= 4 is 27.7 Å². The number of likely N-dealkylation sites (tertiary alicyclic amines) is 1. The van der Waals surface area contributed by atoms with Gasteiger partial charge in [0.1, 0.15) is 17.0 Å². The number of amides is 1. The third-order valence-corrected chi connectivity index (χ3v) is 6.09. The first kappa shape index (κ1) is 19.3. The van der Waals surface area contributed by atoms with Crippen LogP contribution in [0, 0.1) is 5.92 Å². The van der Waals surface area contributed by atoms with Gasteiger partial charge in [0, 0.05) is 12.1 Å². The molecule has 2 atom stereocenters. The van der Waals surface area contributed by atoms with Gasteiger partial charge in [0.05, 0.1) is 0 Å². The quantitative estimate of drug-likeness (QED) is 0.777. The van der Waals surface area contributed by atoms with Gasteiger partial charge in [-0.1, -0.05) is 26.0 Å². The van der Waals surface area contributed by atoms with E-state index in [2.05, 4.69) is 9.71 Å². The van der Waals surface area contributed by atoms with Crippen molar-refractivity contribution in [2.75, 3.05) is 6.54 Å². The van der Waals surface area contributed by atoms with Gasteiger partial charge in [-0.15, -0.1) is 4.40 Å². The normalized spacial score (nSPS) is 21.7. The number of carboxylic acids is 1. The number of carbonyl (C=O) groups excluding carboxylic acids is 1. The highest BCUT2D eigenvalue weighted by molar-refractivity contribution is 7.90. The molecule has 0 saturated carbocycles. The molecule has 1 aromatic carbocycles. The second-order valence-corrected chi connectivity index (χ2v) is 8.84. The number of rotatable bonds is 5. The van der Waals surface area contributed by atoms with Crippen molar-refractivity contribution in [1.29, 1.82) is 0 Å². The zero-order valence-electron chi connectivity index (χ0n) is 15.3. The maximum atomic E-state index is 12.8. The van der Waals surface area contributed by atoms with Crippen molar-refractivity contribution < 1.29 is 23.1 Å². The molecular formula is C18H23N3O5S. The number of benzene rings is 1. The number of carbonyl (C=O) groups is 2. The van der Waals surface area contributed by atoms with Gasteiger partial charge in [0.25, 0.3) is 10.0 Å². The van der Waals surface area contributed by atoms with Crippen molar-refractivity contribution in [2.24, 2.45) is 10.3 Å². The summed E-state index contributed by atoms with van der Waals surface area (Å²) >= 11 is 0. The summed E-state index contributed by atoms with van der Waals surface area (Å²) in [6.07, 6.45) is 1.54. The van der Waals surface area contributed by atoms with Crippen molar-refractivity contribution in [2.45, 2.75) is 50.1 Å². The Balaban J connectivity index is 1.84. The molecule has 9 heteroatoms. The molecule has 0 spiro atoms. The fraction of sp³-hybridized carbons (Fsp3) is 0.500. The Labute approximate surface area is 158 Å². The Morgan fingerprint density at radius 2 is 2.04 bits per heavy atom. The summed E-state index contributed by atoms with van der Waals surface area (Å²) in [4.78, 5) is 26.0. The Morgan fingerprint density at radius 3 is 2.70 bits per heavy atom. The van der Waals surface area contributed by atoms with Gasteiger partial charge in [0.2, 0.25) is 5.91 Å². The molecule has 2 aliphatic heterocycles. The summed E-state index contributed by atoms with van der Waals surface area (Å²) in [7, 11) is -3.77. The highest BCUT2D eigenvalue weighted by Gasteiger charge is 2.40. The predicted octanol–water partition coefficient (Wildman–Crippen LogP) is 1.22. The van der Waals surface area contributed by atoms with Crippen LogP contribution in [0.3, 0.4) is 0 Å². The van der Waals surface area contributed by atoms with E-state index in [9.17, 15) is 23.1 Å². The number of fused-ring (bicyclic) bond motifs is 1. The number of carboxylic acid groups (broad SMARTS) is 1. The molecule has 1 aromatic rings. The van der Waals surface area contributed by atoms with Gasteiger partial charge >= 0.3 is 5.97 Å². The second-order valence-electron chi connectivity index (χ2n) is 7.27. The lowest BCUT2D eigenvalue weighted by atomic mass is 10.0. The molecule has 2 N–H and O–H groups in total. The molecule has 1 saturated heterocycles. The van der Waals surface area contributed by atoms with E-state index in [0.29, 0.717) is 31.4 Å². The van der Waals surface area contributed by atoms with Crippen molar-refractivity contribution in [3.63, 3.8) is 0 Å². The van der Waals surface area contributed by atoms with Crippen LogP contribution in [0.15, 0.2) is 33.6 Å². The van der Waals surface area contributed by atoms with Gasteiger partial charge in [0.15, 0.2) is 5.84 Å². The minimum atomic E-state index is -3.77. The molecule has 0 unspecified atom stereocenters. The van der Waals surface area contributed by atoms with E-state index in [4.69, 9.17) is 0 Å². The third kappa shape index (κ3) is 3.83. The molecule has 3 rings (SSSR count). The van der Waals surface area contributed by atoms with Crippen LogP contribution in [0.2, 0.25) is 0 Å². The van der Waals surface area contributed by atoms with Gasteiger partial charge < -0.3 is 15.3 Å². The lowest BCUT2D eigenvalue weighted by Crippen LogP contribution is -2.51. The van der Waals surface area contributed by atoms with E-state index < -0.39 is 34.0 Å². The van der Waals surface area contributed by atoms with E-state index in [0.717, 1.165) is 0 Å². The zero-order valence-corrected chi connectivity index (χ0v) is 16.1. The maximum absolute atomic E-state index is 12.8. The molecule has 146 valence electrons. The molecule has 1 fully saturated rings. The minimum Gasteiger partial charge on any atom is -0.480 e. The molecule has 0 radical (unpaired) electrons. The highest BCUT2D eigenvalue weighted by Crippen LogP contribution is 2.31. The van der Waals surface area contributed by atoms with Crippen molar-refractivity contribution in [3.8, 4) is 0 Å². The van der Waals surface area contributed by atoms with Gasteiger partial charge in [-0.25, -0.2) is 4.79 Å². The topological polar surface area (TPSA) is 116 Å². The summed E-state index contributed by atoms with van der Waals surface area (Å²) < 4.78 is 28.5. The molecule has 2 heterocycles. The first-order chi connectivity index (χ1) is 12.7. The van der Waals surface area contributed by atoms with Gasteiger partial charge in [-0.3, -0.25) is 4.79 Å². The molecule has 1 amide bonds. The highest BCUT2D eigenvalue weighted by atomic mass is 32.2. The first-order valence-electron chi connectivity index (χ1n) is 8.95. The summed E-state index contributed by atoms with van der Waals surface area (Å²) in [5.74, 6) is -1.11. The molecule has 0 aliphatic carbocycles. The van der Waals surface area contributed by atoms with E-state index in [-0.39, 0.29) is 16.6 Å². The Hall–Kier alpha value is -2.42. The Morgan fingerprint density at radius 1 is 1.33 bits per heavy atom. The van der Waals surface area contributed by atoms with Crippen LogP contribution >= 0.6 is 0 Å².